The fraction of sp³-hybridized carbons (Fsp3) is 0.333. The first-order chi connectivity index (χ1) is 12.5. The second-order valence-corrected chi connectivity index (χ2v) is 7.77. The number of aryl methyl sites for hydroxylation is 6. The van der Waals surface area contributed by atoms with Gasteiger partial charge in [-0.05, 0) is 77.6 Å². The van der Waals surface area contributed by atoms with Gasteiger partial charge in [-0.2, -0.15) is 0 Å². The largest absolute Gasteiger partial charge is 0.249 e. The number of hydrogen-bond acceptors (Lipinski definition) is 2. The molecule has 1 aromatic heterocycles. The van der Waals surface area contributed by atoms with Crippen LogP contribution in [0.5, 0.6) is 0 Å². The predicted molar refractivity (Wildman–Crippen MR) is 108 cm³/mol. The van der Waals surface area contributed by atoms with Crippen molar-refractivity contribution in [2.45, 2.75) is 53.4 Å². The first-order valence-corrected chi connectivity index (χ1v) is 9.57. The molecule has 0 spiro atoms. The van der Waals surface area contributed by atoms with Crippen molar-refractivity contribution in [3.63, 3.8) is 0 Å². The van der Waals surface area contributed by atoms with Gasteiger partial charge in [-0.3, -0.25) is 0 Å². The summed E-state index contributed by atoms with van der Waals surface area (Å²) in [6.45, 7) is 8.61. The van der Waals surface area contributed by atoms with Crippen molar-refractivity contribution < 1.29 is 0 Å². The molecule has 0 atom stereocenters. The second-order valence-electron chi connectivity index (χ2n) is 7.77. The van der Waals surface area contributed by atoms with E-state index < -0.39 is 0 Å². The Labute approximate surface area is 156 Å². The molecule has 0 radical (unpaired) electrons. The summed E-state index contributed by atoms with van der Waals surface area (Å²) in [5.74, 6) is 0. The van der Waals surface area contributed by atoms with Gasteiger partial charge in [0.05, 0.1) is 22.8 Å². The van der Waals surface area contributed by atoms with Gasteiger partial charge in [0, 0.05) is 11.1 Å². The molecule has 0 amide bonds. The third kappa shape index (κ3) is 3.29. The van der Waals surface area contributed by atoms with Crippen molar-refractivity contribution in [2.75, 3.05) is 0 Å². The van der Waals surface area contributed by atoms with Crippen molar-refractivity contribution in [1.82, 2.24) is 9.97 Å². The molecule has 2 heteroatoms. The minimum atomic E-state index is 1.03. The molecule has 1 heterocycles. The van der Waals surface area contributed by atoms with E-state index in [1.807, 2.05) is 0 Å². The summed E-state index contributed by atoms with van der Waals surface area (Å²) in [5.41, 5.74) is 11.9. The number of nitrogens with zero attached hydrogens (tertiary/aromatic N) is 2. The van der Waals surface area contributed by atoms with E-state index in [2.05, 4.69) is 64.1 Å². The summed E-state index contributed by atoms with van der Waals surface area (Å²) in [7, 11) is 0. The SMILES string of the molecule is Cc1cc(C)cc(-c2nc3c(nc2-c2cc(C)cc(C)c2)CCCC3)c1. The lowest BCUT2D eigenvalue weighted by Crippen LogP contribution is -2.10. The Bertz CT molecular complexity index is 865. The summed E-state index contributed by atoms with van der Waals surface area (Å²) in [6.07, 6.45) is 4.54. The van der Waals surface area contributed by atoms with Crippen LogP contribution < -0.4 is 0 Å². The first kappa shape index (κ1) is 17.0. The minimum Gasteiger partial charge on any atom is -0.249 e. The van der Waals surface area contributed by atoms with Crippen LogP contribution in [-0.4, -0.2) is 9.97 Å². The van der Waals surface area contributed by atoms with Gasteiger partial charge in [0.2, 0.25) is 0 Å². The van der Waals surface area contributed by atoms with Crippen LogP contribution in [0.25, 0.3) is 22.5 Å². The maximum Gasteiger partial charge on any atom is 0.0968 e. The van der Waals surface area contributed by atoms with Crippen LogP contribution in [0.4, 0.5) is 0 Å². The maximum atomic E-state index is 5.14. The summed E-state index contributed by atoms with van der Waals surface area (Å²) in [4.78, 5) is 10.3. The molecule has 26 heavy (non-hydrogen) atoms. The van der Waals surface area contributed by atoms with Crippen molar-refractivity contribution in [3.05, 3.63) is 70.0 Å². The summed E-state index contributed by atoms with van der Waals surface area (Å²) < 4.78 is 0. The van der Waals surface area contributed by atoms with Crippen LogP contribution in [0.2, 0.25) is 0 Å². The number of fused-ring (bicyclic) bond motifs is 1. The van der Waals surface area contributed by atoms with E-state index in [-0.39, 0.29) is 0 Å². The van der Waals surface area contributed by atoms with Crippen LogP contribution in [-0.2, 0) is 12.8 Å². The second kappa shape index (κ2) is 6.68. The first-order valence-electron chi connectivity index (χ1n) is 9.57. The lowest BCUT2D eigenvalue weighted by atomic mass is 9.95. The molecule has 1 aliphatic rings. The summed E-state index contributed by atoms with van der Waals surface area (Å²) >= 11 is 0. The minimum absolute atomic E-state index is 1.03. The molecule has 2 aromatic carbocycles. The Morgan fingerprint density at radius 3 is 1.23 bits per heavy atom. The molecule has 0 unspecified atom stereocenters. The van der Waals surface area contributed by atoms with Gasteiger partial charge >= 0.3 is 0 Å². The van der Waals surface area contributed by atoms with Gasteiger partial charge in [-0.1, -0.05) is 34.4 Å². The zero-order valence-corrected chi connectivity index (χ0v) is 16.2. The quantitative estimate of drug-likeness (QED) is 0.577. The Hall–Kier alpha value is -2.48. The third-order valence-corrected chi connectivity index (χ3v) is 5.12. The van der Waals surface area contributed by atoms with Gasteiger partial charge in [0.15, 0.2) is 0 Å². The van der Waals surface area contributed by atoms with Crippen molar-refractivity contribution in [3.8, 4) is 22.5 Å². The average molecular weight is 342 g/mol. The van der Waals surface area contributed by atoms with Crippen LogP contribution in [0.15, 0.2) is 36.4 Å². The maximum absolute atomic E-state index is 5.14. The zero-order valence-electron chi connectivity index (χ0n) is 16.2. The molecule has 132 valence electrons. The van der Waals surface area contributed by atoms with E-state index in [4.69, 9.17) is 9.97 Å². The van der Waals surface area contributed by atoms with Crippen molar-refractivity contribution in [1.29, 1.82) is 0 Å². The van der Waals surface area contributed by atoms with Gasteiger partial charge < -0.3 is 0 Å². The van der Waals surface area contributed by atoms with Gasteiger partial charge in [-0.15, -0.1) is 0 Å². The molecule has 0 N–H and O–H groups in total. The molecule has 0 aliphatic heterocycles. The van der Waals surface area contributed by atoms with E-state index in [0.29, 0.717) is 0 Å². The topological polar surface area (TPSA) is 25.8 Å². The molecular formula is C24H26N2. The lowest BCUT2D eigenvalue weighted by Gasteiger charge is -2.19. The molecule has 0 bridgehead atoms. The van der Waals surface area contributed by atoms with Crippen molar-refractivity contribution in [2.24, 2.45) is 0 Å². The molecular weight excluding hydrogens is 316 g/mol. The molecule has 0 saturated heterocycles. The lowest BCUT2D eigenvalue weighted by molar-refractivity contribution is 0.651. The van der Waals surface area contributed by atoms with Gasteiger partial charge in [-0.25, -0.2) is 9.97 Å². The molecule has 0 fully saturated rings. The average Bonchev–Trinajstić information content (AvgIpc) is 2.59. The highest BCUT2D eigenvalue weighted by Gasteiger charge is 2.19. The van der Waals surface area contributed by atoms with E-state index in [9.17, 15) is 0 Å². The zero-order chi connectivity index (χ0) is 18.3. The smallest absolute Gasteiger partial charge is 0.0968 e. The standard InChI is InChI=1S/C24H26N2/c1-15-9-16(2)12-19(11-15)23-24(20-13-17(3)10-18(4)14-20)26-22-8-6-5-7-21(22)25-23/h9-14H,5-8H2,1-4H3. The fourth-order valence-corrected chi connectivity index (χ4v) is 4.12. The molecule has 3 aromatic rings. The number of benzene rings is 2. The normalized spacial score (nSPS) is 13.5. The predicted octanol–water partition coefficient (Wildman–Crippen LogP) is 5.92. The van der Waals surface area contributed by atoms with E-state index in [0.717, 1.165) is 24.2 Å². The fourth-order valence-electron chi connectivity index (χ4n) is 4.12. The third-order valence-electron chi connectivity index (χ3n) is 5.12. The molecule has 4 rings (SSSR count). The van der Waals surface area contributed by atoms with Gasteiger partial charge in [0.25, 0.3) is 0 Å². The van der Waals surface area contributed by atoms with Crippen LogP contribution in [0.3, 0.4) is 0 Å². The molecule has 0 saturated carbocycles. The molecule has 1 aliphatic carbocycles. The summed E-state index contributed by atoms with van der Waals surface area (Å²) in [6, 6.07) is 13.4. The van der Waals surface area contributed by atoms with Gasteiger partial charge in [0.1, 0.15) is 0 Å². The van der Waals surface area contributed by atoms with E-state index >= 15 is 0 Å². The number of rotatable bonds is 2. The number of aromatic nitrogens is 2. The Kier molecular flexibility index (Phi) is 4.36. The van der Waals surface area contributed by atoms with Crippen LogP contribution in [0, 0.1) is 27.7 Å². The van der Waals surface area contributed by atoms with Crippen LogP contribution >= 0.6 is 0 Å². The highest BCUT2D eigenvalue weighted by Crippen LogP contribution is 2.33. The Morgan fingerprint density at radius 2 is 0.885 bits per heavy atom. The monoisotopic (exact) mass is 342 g/mol. The van der Waals surface area contributed by atoms with Crippen LogP contribution in [0.1, 0.15) is 46.5 Å². The Balaban J connectivity index is 1.99. The summed E-state index contributed by atoms with van der Waals surface area (Å²) in [5, 5.41) is 0. The highest BCUT2D eigenvalue weighted by atomic mass is 14.9. The Morgan fingerprint density at radius 1 is 0.538 bits per heavy atom. The highest BCUT2D eigenvalue weighted by molar-refractivity contribution is 5.79. The molecule has 2 nitrogen and oxygen atoms in total. The van der Waals surface area contributed by atoms with E-state index in [1.54, 1.807) is 0 Å². The van der Waals surface area contributed by atoms with E-state index in [1.165, 1.54) is 57.6 Å². The van der Waals surface area contributed by atoms with Crippen molar-refractivity contribution >= 4 is 0 Å². The number of hydrogen-bond donors (Lipinski definition) is 0.